The van der Waals surface area contributed by atoms with Gasteiger partial charge in [-0.1, -0.05) is 6.92 Å². The molecule has 3 heterocycles. The fourth-order valence-electron chi connectivity index (χ4n) is 2.68. The second-order valence-electron chi connectivity index (χ2n) is 5.33. The number of likely N-dealkylation sites (tertiary alicyclic amines) is 1. The molecule has 0 aliphatic carbocycles. The Morgan fingerprint density at radius 2 is 2.40 bits per heavy atom. The van der Waals surface area contributed by atoms with Crippen molar-refractivity contribution in [2.45, 2.75) is 19.9 Å². The van der Waals surface area contributed by atoms with Gasteiger partial charge in [-0.05, 0) is 43.4 Å². The molecule has 1 N–H and O–H groups in total. The topological polar surface area (TPSA) is 28.2 Å². The van der Waals surface area contributed by atoms with Crippen LogP contribution in [0.3, 0.4) is 0 Å². The quantitative estimate of drug-likeness (QED) is 0.887. The van der Waals surface area contributed by atoms with E-state index >= 15 is 0 Å². The Balaban J connectivity index is 1.45. The van der Waals surface area contributed by atoms with Gasteiger partial charge in [-0.25, -0.2) is 4.98 Å². The Hall–Kier alpha value is -0.750. The molecule has 3 nitrogen and oxygen atoms in total. The standard InChI is InChI=1S/C15H21N3S2/c1-2-18-5-3-12(9-18)7-16-8-14-11-20-15(17-14)13-4-6-19-10-13/h4,6,10-12,16H,2-3,5,7-9H2,1H3/t12-/m1/s1. The van der Waals surface area contributed by atoms with Crippen LogP contribution in [-0.2, 0) is 6.54 Å². The van der Waals surface area contributed by atoms with Crippen molar-refractivity contribution >= 4 is 22.7 Å². The van der Waals surface area contributed by atoms with Gasteiger partial charge in [0.05, 0.1) is 5.69 Å². The molecule has 1 aliphatic heterocycles. The lowest BCUT2D eigenvalue weighted by molar-refractivity contribution is 0.339. The molecule has 108 valence electrons. The highest BCUT2D eigenvalue weighted by Gasteiger charge is 2.20. The summed E-state index contributed by atoms with van der Waals surface area (Å²) in [5, 5.41) is 11.1. The van der Waals surface area contributed by atoms with Crippen LogP contribution in [0.1, 0.15) is 19.0 Å². The van der Waals surface area contributed by atoms with E-state index in [1.165, 1.54) is 37.3 Å². The Morgan fingerprint density at radius 3 is 3.15 bits per heavy atom. The van der Waals surface area contributed by atoms with Gasteiger partial charge in [0.1, 0.15) is 5.01 Å². The van der Waals surface area contributed by atoms with Gasteiger partial charge in [-0.3, -0.25) is 0 Å². The third kappa shape index (κ3) is 3.47. The fourth-order valence-corrected chi connectivity index (χ4v) is 4.21. The normalized spacial score (nSPS) is 19.8. The van der Waals surface area contributed by atoms with Gasteiger partial charge in [0.25, 0.3) is 0 Å². The third-order valence-electron chi connectivity index (χ3n) is 3.88. The molecule has 20 heavy (non-hydrogen) atoms. The van der Waals surface area contributed by atoms with Crippen LogP contribution in [0.4, 0.5) is 0 Å². The molecular formula is C15H21N3S2. The highest BCUT2D eigenvalue weighted by atomic mass is 32.1. The summed E-state index contributed by atoms with van der Waals surface area (Å²) in [6, 6.07) is 2.14. The van der Waals surface area contributed by atoms with Crippen molar-refractivity contribution in [1.29, 1.82) is 0 Å². The number of hydrogen-bond donors (Lipinski definition) is 1. The molecule has 2 aromatic rings. The number of thiophene rings is 1. The minimum Gasteiger partial charge on any atom is -0.311 e. The lowest BCUT2D eigenvalue weighted by Crippen LogP contribution is -2.26. The van der Waals surface area contributed by atoms with Gasteiger partial charge in [0, 0.05) is 29.4 Å². The Kier molecular flexibility index (Phi) is 4.83. The number of aromatic nitrogens is 1. The van der Waals surface area contributed by atoms with Crippen LogP contribution in [-0.4, -0.2) is 36.1 Å². The molecule has 5 heteroatoms. The van der Waals surface area contributed by atoms with Crippen LogP contribution >= 0.6 is 22.7 Å². The van der Waals surface area contributed by atoms with Crippen LogP contribution in [0, 0.1) is 5.92 Å². The van der Waals surface area contributed by atoms with E-state index in [0.29, 0.717) is 0 Å². The lowest BCUT2D eigenvalue weighted by atomic mass is 10.1. The average molecular weight is 307 g/mol. The fraction of sp³-hybridized carbons (Fsp3) is 0.533. The summed E-state index contributed by atoms with van der Waals surface area (Å²) in [6.07, 6.45) is 1.33. The predicted octanol–water partition coefficient (Wildman–Crippen LogP) is 3.30. The smallest absolute Gasteiger partial charge is 0.124 e. The summed E-state index contributed by atoms with van der Waals surface area (Å²) in [6.45, 7) is 7.96. The van der Waals surface area contributed by atoms with Crippen molar-refractivity contribution in [3.63, 3.8) is 0 Å². The highest BCUT2D eigenvalue weighted by Crippen LogP contribution is 2.25. The van der Waals surface area contributed by atoms with Crippen LogP contribution in [0.2, 0.25) is 0 Å². The first-order valence-corrected chi connectivity index (χ1v) is 9.07. The van der Waals surface area contributed by atoms with Crippen molar-refractivity contribution in [1.82, 2.24) is 15.2 Å². The molecule has 0 amide bonds. The van der Waals surface area contributed by atoms with Crippen molar-refractivity contribution in [3.8, 4) is 10.6 Å². The molecule has 1 atom stereocenters. The summed E-state index contributed by atoms with van der Waals surface area (Å²) in [4.78, 5) is 7.23. The van der Waals surface area contributed by atoms with Crippen LogP contribution in [0.5, 0.6) is 0 Å². The van der Waals surface area contributed by atoms with Gasteiger partial charge in [-0.15, -0.1) is 11.3 Å². The van der Waals surface area contributed by atoms with Crippen molar-refractivity contribution < 1.29 is 0 Å². The minimum absolute atomic E-state index is 0.810. The maximum absolute atomic E-state index is 4.70. The second kappa shape index (κ2) is 6.80. The van der Waals surface area contributed by atoms with Gasteiger partial charge < -0.3 is 10.2 Å². The van der Waals surface area contributed by atoms with Crippen molar-refractivity contribution in [3.05, 3.63) is 27.9 Å². The summed E-state index contributed by atoms with van der Waals surface area (Å²) in [5.41, 5.74) is 2.42. The average Bonchev–Trinajstić information content (AvgIpc) is 3.20. The minimum atomic E-state index is 0.810. The number of thiazole rings is 1. The monoisotopic (exact) mass is 307 g/mol. The highest BCUT2D eigenvalue weighted by molar-refractivity contribution is 7.14. The zero-order valence-corrected chi connectivity index (χ0v) is 13.5. The van der Waals surface area contributed by atoms with Gasteiger partial charge in [-0.2, -0.15) is 11.3 Å². The van der Waals surface area contributed by atoms with E-state index < -0.39 is 0 Å². The van der Waals surface area contributed by atoms with Gasteiger partial charge in [0.15, 0.2) is 0 Å². The molecule has 0 saturated carbocycles. The van der Waals surface area contributed by atoms with E-state index in [1.54, 1.807) is 22.7 Å². The molecule has 0 aromatic carbocycles. The van der Waals surface area contributed by atoms with Crippen LogP contribution in [0.25, 0.3) is 10.6 Å². The SMILES string of the molecule is CCN1CC[C@H](CNCc2csc(-c3ccsc3)n2)C1. The van der Waals surface area contributed by atoms with Gasteiger partial charge in [0.2, 0.25) is 0 Å². The Labute approximate surface area is 128 Å². The van der Waals surface area contributed by atoms with E-state index in [4.69, 9.17) is 4.98 Å². The summed E-state index contributed by atoms with van der Waals surface area (Å²) in [7, 11) is 0. The first kappa shape index (κ1) is 14.2. The number of hydrogen-bond acceptors (Lipinski definition) is 5. The maximum Gasteiger partial charge on any atom is 0.124 e. The molecule has 0 radical (unpaired) electrons. The zero-order chi connectivity index (χ0) is 13.8. The van der Waals surface area contributed by atoms with Crippen molar-refractivity contribution in [2.24, 2.45) is 5.92 Å². The summed E-state index contributed by atoms with van der Waals surface area (Å²) < 4.78 is 0. The molecule has 1 fully saturated rings. The molecule has 3 rings (SSSR count). The molecule has 2 aromatic heterocycles. The van der Waals surface area contributed by atoms with E-state index in [-0.39, 0.29) is 0 Å². The summed E-state index contributed by atoms with van der Waals surface area (Å²) in [5.74, 6) is 0.810. The van der Waals surface area contributed by atoms with E-state index in [2.05, 4.69) is 39.3 Å². The van der Waals surface area contributed by atoms with Crippen LogP contribution in [0.15, 0.2) is 22.2 Å². The Morgan fingerprint density at radius 1 is 1.45 bits per heavy atom. The lowest BCUT2D eigenvalue weighted by Gasteiger charge is -2.13. The van der Waals surface area contributed by atoms with Gasteiger partial charge >= 0.3 is 0 Å². The van der Waals surface area contributed by atoms with Crippen molar-refractivity contribution in [2.75, 3.05) is 26.2 Å². The molecule has 1 saturated heterocycles. The molecule has 1 aliphatic rings. The van der Waals surface area contributed by atoms with E-state index in [1.807, 2.05) is 0 Å². The first-order valence-electron chi connectivity index (χ1n) is 7.25. The third-order valence-corrected chi connectivity index (χ3v) is 5.50. The second-order valence-corrected chi connectivity index (χ2v) is 6.97. The Bertz CT molecular complexity index is 521. The predicted molar refractivity (Wildman–Crippen MR) is 87.4 cm³/mol. The zero-order valence-electron chi connectivity index (χ0n) is 11.8. The molecule has 0 spiro atoms. The van der Waals surface area contributed by atoms with E-state index in [9.17, 15) is 0 Å². The van der Waals surface area contributed by atoms with Crippen LogP contribution < -0.4 is 5.32 Å². The van der Waals surface area contributed by atoms with E-state index in [0.717, 1.165) is 24.0 Å². The molecule has 0 bridgehead atoms. The number of nitrogens with one attached hydrogen (secondary N) is 1. The first-order chi connectivity index (χ1) is 9.85. The maximum atomic E-state index is 4.70. The molecular weight excluding hydrogens is 286 g/mol. The number of rotatable bonds is 6. The number of nitrogens with zero attached hydrogens (tertiary/aromatic N) is 2. The molecule has 0 unspecified atom stereocenters. The largest absolute Gasteiger partial charge is 0.311 e. The summed E-state index contributed by atoms with van der Waals surface area (Å²) >= 11 is 3.47.